The Morgan fingerprint density at radius 2 is 1.44 bits per heavy atom. The molecule has 0 aromatic heterocycles. The maximum absolute atomic E-state index is 14.1. The Hall–Kier alpha value is -1.12. The lowest BCUT2D eigenvalue weighted by Crippen LogP contribution is -2.30. The first kappa shape index (κ1) is 13.3. The predicted molar refractivity (Wildman–Crippen MR) is 71.1 cm³/mol. The average molecular weight is 253 g/mol. The summed E-state index contributed by atoms with van der Waals surface area (Å²) in [6.45, 7) is 7.28. The van der Waals surface area contributed by atoms with Gasteiger partial charge < -0.3 is 4.90 Å². The Morgan fingerprint density at radius 1 is 0.944 bits per heavy atom. The molecule has 3 heteroatoms. The molecule has 1 aliphatic heterocycles. The van der Waals surface area contributed by atoms with Gasteiger partial charge in [0.05, 0.1) is 0 Å². The minimum Gasteiger partial charge on any atom is -0.371 e. The quantitative estimate of drug-likeness (QED) is 0.723. The van der Waals surface area contributed by atoms with Crippen molar-refractivity contribution in [2.45, 2.75) is 45.4 Å². The maximum Gasteiger partial charge on any atom is 0.131 e. The van der Waals surface area contributed by atoms with E-state index in [1.54, 1.807) is 0 Å². The Morgan fingerprint density at radius 3 is 1.89 bits per heavy atom. The number of rotatable bonds is 1. The van der Waals surface area contributed by atoms with Crippen molar-refractivity contribution in [3.8, 4) is 0 Å². The van der Waals surface area contributed by atoms with Crippen LogP contribution in [0.2, 0.25) is 0 Å². The standard InChI is InChI=1S/C15H21F2N/c1-15(2,3)14-12(16)9-11(10-13(14)17)18-7-5-4-6-8-18/h9-10H,4-8H2,1-3H3. The molecule has 0 amide bonds. The monoisotopic (exact) mass is 253 g/mol. The molecule has 1 aromatic carbocycles. The third-order valence-corrected chi connectivity index (χ3v) is 3.50. The first-order valence-electron chi connectivity index (χ1n) is 6.64. The second kappa shape index (κ2) is 4.87. The molecular formula is C15H21F2N. The molecule has 0 spiro atoms. The number of nitrogens with zero attached hydrogens (tertiary/aromatic N) is 1. The van der Waals surface area contributed by atoms with Crippen LogP contribution in [-0.4, -0.2) is 13.1 Å². The van der Waals surface area contributed by atoms with Crippen LogP contribution in [-0.2, 0) is 5.41 Å². The Balaban J connectivity index is 2.36. The van der Waals surface area contributed by atoms with Gasteiger partial charge in [0.1, 0.15) is 11.6 Å². The summed E-state index contributed by atoms with van der Waals surface area (Å²) in [6, 6.07) is 2.96. The number of halogens is 2. The molecule has 0 bridgehead atoms. The van der Waals surface area contributed by atoms with Gasteiger partial charge in [-0.15, -0.1) is 0 Å². The van der Waals surface area contributed by atoms with Crippen LogP contribution in [0.1, 0.15) is 45.6 Å². The minimum atomic E-state index is -0.505. The second-order valence-electron chi connectivity index (χ2n) is 6.08. The van der Waals surface area contributed by atoms with Crippen molar-refractivity contribution in [3.05, 3.63) is 29.3 Å². The Labute approximate surface area is 108 Å². The zero-order valence-corrected chi connectivity index (χ0v) is 11.4. The highest BCUT2D eigenvalue weighted by atomic mass is 19.1. The van der Waals surface area contributed by atoms with Gasteiger partial charge in [0.15, 0.2) is 0 Å². The van der Waals surface area contributed by atoms with E-state index in [0.29, 0.717) is 5.69 Å². The molecule has 1 aliphatic rings. The Bertz CT molecular complexity index is 406. The molecule has 0 unspecified atom stereocenters. The first-order chi connectivity index (χ1) is 8.39. The van der Waals surface area contributed by atoms with E-state index in [4.69, 9.17) is 0 Å². The zero-order chi connectivity index (χ0) is 13.3. The summed E-state index contributed by atoms with van der Waals surface area (Å²) in [5.74, 6) is -0.855. The molecule has 0 atom stereocenters. The summed E-state index contributed by atoms with van der Waals surface area (Å²) in [6.07, 6.45) is 3.41. The summed E-state index contributed by atoms with van der Waals surface area (Å²) < 4.78 is 28.2. The van der Waals surface area contributed by atoms with E-state index in [1.165, 1.54) is 18.6 Å². The number of benzene rings is 1. The lowest BCUT2D eigenvalue weighted by Gasteiger charge is -2.30. The van der Waals surface area contributed by atoms with Gasteiger partial charge in [-0.1, -0.05) is 20.8 Å². The molecule has 18 heavy (non-hydrogen) atoms. The van der Waals surface area contributed by atoms with Crippen LogP contribution in [0.15, 0.2) is 12.1 Å². The van der Waals surface area contributed by atoms with E-state index in [-0.39, 0.29) is 5.56 Å². The van der Waals surface area contributed by atoms with Gasteiger partial charge >= 0.3 is 0 Å². The van der Waals surface area contributed by atoms with Crippen molar-refractivity contribution >= 4 is 5.69 Å². The Kier molecular flexibility index (Phi) is 3.60. The van der Waals surface area contributed by atoms with E-state index in [1.807, 2.05) is 20.8 Å². The SMILES string of the molecule is CC(C)(C)c1c(F)cc(N2CCCCC2)cc1F. The fourth-order valence-corrected chi connectivity index (χ4v) is 2.61. The van der Waals surface area contributed by atoms with Crippen molar-refractivity contribution < 1.29 is 8.78 Å². The number of hydrogen-bond acceptors (Lipinski definition) is 1. The summed E-state index contributed by atoms with van der Waals surface area (Å²) in [5, 5.41) is 0. The first-order valence-corrected chi connectivity index (χ1v) is 6.64. The molecule has 0 radical (unpaired) electrons. The van der Waals surface area contributed by atoms with Gasteiger partial charge in [0.25, 0.3) is 0 Å². The van der Waals surface area contributed by atoms with Crippen LogP contribution in [0.5, 0.6) is 0 Å². The van der Waals surface area contributed by atoms with Crippen molar-refractivity contribution in [1.29, 1.82) is 0 Å². The van der Waals surface area contributed by atoms with Crippen LogP contribution < -0.4 is 4.90 Å². The summed E-state index contributed by atoms with van der Waals surface area (Å²) in [7, 11) is 0. The molecule has 0 saturated carbocycles. The third kappa shape index (κ3) is 2.65. The topological polar surface area (TPSA) is 3.24 Å². The molecule has 1 aromatic rings. The van der Waals surface area contributed by atoms with E-state index in [2.05, 4.69) is 4.90 Å². The summed E-state index contributed by atoms with van der Waals surface area (Å²) >= 11 is 0. The highest BCUT2D eigenvalue weighted by molar-refractivity contribution is 5.50. The van der Waals surface area contributed by atoms with Crippen LogP contribution in [0.3, 0.4) is 0 Å². The van der Waals surface area contributed by atoms with Crippen molar-refractivity contribution in [3.63, 3.8) is 0 Å². The fraction of sp³-hybridized carbons (Fsp3) is 0.600. The molecular weight excluding hydrogens is 232 g/mol. The van der Waals surface area contributed by atoms with Gasteiger partial charge in [0, 0.05) is 24.3 Å². The third-order valence-electron chi connectivity index (χ3n) is 3.50. The van der Waals surface area contributed by atoms with Crippen LogP contribution >= 0.6 is 0 Å². The van der Waals surface area contributed by atoms with E-state index >= 15 is 0 Å². The fourth-order valence-electron chi connectivity index (χ4n) is 2.61. The molecule has 0 N–H and O–H groups in total. The van der Waals surface area contributed by atoms with Gasteiger partial charge in [-0.2, -0.15) is 0 Å². The highest BCUT2D eigenvalue weighted by Gasteiger charge is 2.25. The highest BCUT2D eigenvalue weighted by Crippen LogP contribution is 2.32. The molecule has 0 aliphatic carbocycles. The van der Waals surface area contributed by atoms with E-state index < -0.39 is 17.0 Å². The van der Waals surface area contributed by atoms with Crippen molar-refractivity contribution in [2.75, 3.05) is 18.0 Å². The van der Waals surface area contributed by atoms with Gasteiger partial charge in [-0.25, -0.2) is 8.78 Å². The molecule has 1 heterocycles. The van der Waals surface area contributed by atoms with Gasteiger partial charge in [0.2, 0.25) is 0 Å². The minimum absolute atomic E-state index is 0.184. The lowest BCUT2D eigenvalue weighted by atomic mass is 9.86. The largest absolute Gasteiger partial charge is 0.371 e. The van der Waals surface area contributed by atoms with Crippen LogP contribution in [0.4, 0.5) is 14.5 Å². The molecule has 1 saturated heterocycles. The number of piperidine rings is 1. The second-order valence-corrected chi connectivity index (χ2v) is 6.08. The molecule has 100 valence electrons. The predicted octanol–water partition coefficient (Wildman–Crippen LogP) is 4.25. The molecule has 1 nitrogen and oxygen atoms in total. The molecule has 1 fully saturated rings. The van der Waals surface area contributed by atoms with Crippen LogP contribution in [0, 0.1) is 11.6 Å². The number of hydrogen-bond donors (Lipinski definition) is 0. The van der Waals surface area contributed by atoms with E-state index in [9.17, 15) is 8.78 Å². The average Bonchev–Trinajstić information content (AvgIpc) is 2.27. The smallest absolute Gasteiger partial charge is 0.131 e. The normalized spacial score (nSPS) is 17.1. The maximum atomic E-state index is 14.1. The summed E-state index contributed by atoms with van der Waals surface area (Å²) in [4.78, 5) is 2.07. The molecule has 2 rings (SSSR count). The van der Waals surface area contributed by atoms with Gasteiger partial charge in [-0.3, -0.25) is 0 Å². The van der Waals surface area contributed by atoms with Gasteiger partial charge in [-0.05, 0) is 36.8 Å². The van der Waals surface area contributed by atoms with Crippen LogP contribution in [0.25, 0.3) is 0 Å². The van der Waals surface area contributed by atoms with E-state index in [0.717, 1.165) is 25.9 Å². The number of anilines is 1. The van der Waals surface area contributed by atoms with Crippen molar-refractivity contribution in [1.82, 2.24) is 0 Å². The van der Waals surface area contributed by atoms with Crippen molar-refractivity contribution in [2.24, 2.45) is 0 Å². The summed E-state index contributed by atoms with van der Waals surface area (Å²) in [5.41, 5.74) is 0.357. The lowest BCUT2D eigenvalue weighted by molar-refractivity contribution is 0.474. The zero-order valence-electron chi connectivity index (χ0n) is 11.4.